The first-order chi connectivity index (χ1) is 18.2. The number of halogens is 2. The number of hydrogen-bond donors (Lipinski definition) is 2. The zero-order valence-electron chi connectivity index (χ0n) is 22.2. The Balaban J connectivity index is 0.00000353. The van der Waals surface area contributed by atoms with Gasteiger partial charge in [-0.3, -0.25) is 14.4 Å². The van der Waals surface area contributed by atoms with Crippen molar-refractivity contribution in [1.82, 2.24) is 25.4 Å². The summed E-state index contributed by atoms with van der Waals surface area (Å²) >= 11 is 7.52. The van der Waals surface area contributed by atoms with Crippen molar-refractivity contribution in [2.75, 3.05) is 27.7 Å². The van der Waals surface area contributed by atoms with Crippen LogP contribution in [-0.2, 0) is 17.8 Å². The van der Waals surface area contributed by atoms with Crippen LogP contribution >= 0.6 is 35.3 Å². The van der Waals surface area contributed by atoms with Gasteiger partial charge in [0.2, 0.25) is 5.91 Å². The molecule has 1 aliphatic heterocycles. The molecule has 11 heteroatoms. The molecule has 3 aromatic rings. The Hall–Kier alpha value is -2.72. The maximum Gasteiger partial charge on any atom is 0.280 e. The summed E-state index contributed by atoms with van der Waals surface area (Å²) in [6.45, 7) is 1.71. The van der Waals surface area contributed by atoms with Crippen LogP contribution in [0.1, 0.15) is 50.0 Å². The highest BCUT2D eigenvalue weighted by molar-refractivity contribution is 7.13. The summed E-state index contributed by atoms with van der Waals surface area (Å²) in [4.78, 5) is 48.9. The first-order valence-corrected chi connectivity index (χ1v) is 14.1. The minimum absolute atomic E-state index is 0. The number of hydrogen-bond acceptors (Lipinski definition) is 6. The van der Waals surface area contributed by atoms with Crippen LogP contribution in [-0.4, -0.2) is 72.3 Å². The monoisotopic (exact) mass is 589 g/mol. The Kier molecular flexibility index (Phi) is 9.16. The van der Waals surface area contributed by atoms with Gasteiger partial charge in [0, 0.05) is 61.0 Å². The number of rotatable bonds is 5. The fourth-order valence-electron chi connectivity index (χ4n) is 5.35. The lowest BCUT2D eigenvalue weighted by molar-refractivity contribution is -0.134. The Morgan fingerprint density at radius 2 is 1.74 bits per heavy atom. The molecule has 8 nitrogen and oxygen atoms in total. The number of nitrogens with zero attached hydrogens (tertiary/aromatic N) is 3. The number of carbonyl (C=O) groups excluding carboxylic acids is 3. The van der Waals surface area contributed by atoms with E-state index >= 15 is 0 Å². The van der Waals surface area contributed by atoms with E-state index in [1.54, 1.807) is 31.1 Å². The second-order valence-corrected chi connectivity index (χ2v) is 12.0. The Bertz CT molecular complexity index is 1390. The summed E-state index contributed by atoms with van der Waals surface area (Å²) in [6, 6.07) is 10.4. The summed E-state index contributed by atoms with van der Waals surface area (Å²) in [5.74, 6) is -0.643. The molecular formula is C28H33Cl2N5O3S. The molecule has 0 unspecified atom stereocenters. The van der Waals surface area contributed by atoms with Crippen molar-refractivity contribution in [3.63, 3.8) is 0 Å². The normalized spacial score (nSPS) is 21.0. The van der Waals surface area contributed by atoms with Crippen molar-refractivity contribution in [3.05, 3.63) is 62.6 Å². The molecule has 39 heavy (non-hydrogen) atoms. The molecule has 208 valence electrons. The van der Waals surface area contributed by atoms with Gasteiger partial charge in [-0.15, -0.1) is 23.7 Å². The van der Waals surface area contributed by atoms with Crippen molar-refractivity contribution in [1.29, 1.82) is 0 Å². The molecule has 2 N–H and O–H groups in total. The molecule has 0 spiro atoms. The molecular weight excluding hydrogens is 557 g/mol. The molecule has 2 aromatic carbocycles. The molecule has 3 atom stereocenters. The van der Waals surface area contributed by atoms with Gasteiger partial charge in [-0.05, 0) is 61.3 Å². The average molecular weight is 591 g/mol. The van der Waals surface area contributed by atoms with E-state index in [1.807, 2.05) is 24.3 Å². The van der Waals surface area contributed by atoms with E-state index in [0.29, 0.717) is 34.9 Å². The summed E-state index contributed by atoms with van der Waals surface area (Å²) in [6.07, 6.45) is 2.51. The number of carbonyl (C=O) groups is 3. The van der Waals surface area contributed by atoms with Crippen LogP contribution in [0.15, 0.2) is 36.4 Å². The van der Waals surface area contributed by atoms with Crippen molar-refractivity contribution in [2.45, 2.75) is 44.3 Å². The van der Waals surface area contributed by atoms with Gasteiger partial charge in [0.05, 0.1) is 11.7 Å². The molecule has 1 fully saturated rings. The van der Waals surface area contributed by atoms with Gasteiger partial charge >= 0.3 is 0 Å². The number of fused-ring (bicyclic) bond motifs is 2. The molecule has 2 aliphatic rings. The van der Waals surface area contributed by atoms with Gasteiger partial charge in [0.15, 0.2) is 5.01 Å². The highest BCUT2D eigenvalue weighted by Crippen LogP contribution is 2.29. The number of benzene rings is 2. The van der Waals surface area contributed by atoms with Crippen LogP contribution in [0.3, 0.4) is 0 Å². The predicted octanol–water partition coefficient (Wildman–Crippen LogP) is 4.14. The topological polar surface area (TPSA) is 94.6 Å². The average Bonchev–Trinajstić information content (AvgIpc) is 3.32. The van der Waals surface area contributed by atoms with Gasteiger partial charge in [-0.2, -0.15) is 0 Å². The van der Waals surface area contributed by atoms with Crippen molar-refractivity contribution < 1.29 is 14.4 Å². The lowest BCUT2D eigenvalue weighted by Gasteiger charge is -2.37. The Labute approximate surface area is 243 Å². The Morgan fingerprint density at radius 1 is 1.03 bits per heavy atom. The highest BCUT2D eigenvalue weighted by Gasteiger charge is 2.37. The fourth-order valence-corrected chi connectivity index (χ4v) is 6.62. The lowest BCUT2D eigenvalue weighted by atomic mass is 9.81. The van der Waals surface area contributed by atoms with Crippen LogP contribution in [0.25, 0.3) is 10.8 Å². The van der Waals surface area contributed by atoms with Crippen LogP contribution < -0.4 is 10.6 Å². The second kappa shape index (κ2) is 12.2. The first-order valence-electron chi connectivity index (χ1n) is 12.9. The molecule has 1 aromatic heterocycles. The third kappa shape index (κ3) is 6.54. The standard InChI is InChI=1S/C28H32ClN5O3S.ClH/c1-33(2)28(37)19-7-9-21(30-25(35)18-5-4-17-13-20(29)8-6-16(17)12-18)23(14-19)31-26(36)27-32-22-10-11-34(3)15-24(22)38-27;/h4-6,8,12-13,19,21,23H,7,9-11,14-15H2,1-3H3,(H,30,35)(H,31,36);1H/t19-,21-,23+;/m0./s1. The van der Waals surface area contributed by atoms with Crippen molar-refractivity contribution >= 4 is 63.8 Å². The molecule has 2 heterocycles. The van der Waals surface area contributed by atoms with Crippen molar-refractivity contribution in [3.8, 4) is 0 Å². The van der Waals surface area contributed by atoms with Gasteiger partial charge in [-0.1, -0.05) is 23.7 Å². The minimum atomic E-state index is -0.392. The molecule has 0 saturated heterocycles. The van der Waals surface area contributed by atoms with Gasteiger partial charge < -0.3 is 20.4 Å². The predicted molar refractivity (Wildman–Crippen MR) is 157 cm³/mol. The number of thiazole rings is 1. The summed E-state index contributed by atoms with van der Waals surface area (Å²) in [5, 5.41) is 9.21. The third-order valence-corrected chi connectivity index (χ3v) is 8.77. The second-order valence-electron chi connectivity index (χ2n) is 10.5. The molecule has 1 saturated carbocycles. The Morgan fingerprint density at radius 3 is 2.51 bits per heavy atom. The van der Waals surface area contributed by atoms with E-state index < -0.39 is 6.04 Å². The van der Waals surface area contributed by atoms with E-state index in [9.17, 15) is 14.4 Å². The summed E-state index contributed by atoms with van der Waals surface area (Å²) in [7, 11) is 5.55. The van der Waals surface area contributed by atoms with Gasteiger partial charge in [0.1, 0.15) is 0 Å². The lowest BCUT2D eigenvalue weighted by Crippen LogP contribution is -2.55. The van der Waals surface area contributed by atoms with E-state index in [0.717, 1.165) is 40.9 Å². The van der Waals surface area contributed by atoms with Gasteiger partial charge in [0.25, 0.3) is 11.8 Å². The van der Waals surface area contributed by atoms with Crippen LogP contribution in [0.4, 0.5) is 0 Å². The quantitative estimate of drug-likeness (QED) is 0.466. The molecule has 0 bridgehead atoms. The third-order valence-electron chi connectivity index (χ3n) is 7.45. The van der Waals surface area contributed by atoms with Crippen LogP contribution in [0.2, 0.25) is 5.02 Å². The summed E-state index contributed by atoms with van der Waals surface area (Å²) < 4.78 is 0. The van der Waals surface area contributed by atoms with E-state index in [-0.39, 0.29) is 42.1 Å². The number of aromatic nitrogens is 1. The molecule has 3 amide bonds. The molecule has 0 radical (unpaired) electrons. The SMILES string of the molecule is CN1CCc2nc(C(=O)N[C@@H]3C[C@@H](C(=O)N(C)C)CC[C@@H]3NC(=O)c3ccc4cc(Cl)ccc4c3)sc2C1.Cl. The van der Waals surface area contributed by atoms with Crippen molar-refractivity contribution in [2.24, 2.45) is 5.92 Å². The first kappa shape index (κ1) is 29.3. The largest absolute Gasteiger partial charge is 0.349 e. The fraction of sp³-hybridized carbons (Fsp3) is 0.429. The molecule has 1 aliphatic carbocycles. The van der Waals surface area contributed by atoms with Crippen LogP contribution in [0, 0.1) is 5.92 Å². The van der Waals surface area contributed by atoms with E-state index in [2.05, 4.69) is 27.6 Å². The van der Waals surface area contributed by atoms with E-state index in [1.165, 1.54) is 11.3 Å². The smallest absolute Gasteiger partial charge is 0.280 e. The van der Waals surface area contributed by atoms with Crippen LogP contribution in [0.5, 0.6) is 0 Å². The zero-order valence-corrected chi connectivity index (χ0v) is 24.6. The maximum atomic E-state index is 13.3. The number of likely N-dealkylation sites (N-methyl/N-ethyl adjacent to an activating group) is 1. The molecule has 5 rings (SSSR count). The maximum absolute atomic E-state index is 13.3. The number of amides is 3. The van der Waals surface area contributed by atoms with Gasteiger partial charge in [-0.25, -0.2) is 4.98 Å². The highest BCUT2D eigenvalue weighted by atomic mass is 35.5. The number of nitrogens with one attached hydrogen (secondary N) is 2. The minimum Gasteiger partial charge on any atom is -0.349 e. The zero-order chi connectivity index (χ0) is 27.0. The summed E-state index contributed by atoms with van der Waals surface area (Å²) in [5.41, 5.74) is 1.53. The van der Waals surface area contributed by atoms with E-state index in [4.69, 9.17) is 11.6 Å².